The lowest BCUT2D eigenvalue weighted by molar-refractivity contribution is 0.417. The zero-order valence-corrected chi connectivity index (χ0v) is 23.2. The van der Waals surface area contributed by atoms with Gasteiger partial charge in [-0.1, -0.05) is 22.0 Å². The van der Waals surface area contributed by atoms with Crippen LogP contribution < -0.4 is 19.7 Å². The maximum absolute atomic E-state index is 12.0. The third-order valence-corrected chi connectivity index (χ3v) is 7.48. The average molecular weight is 599 g/mol. The average Bonchev–Trinajstić information content (AvgIpc) is 3.48. The van der Waals surface area contributed by atoms with Crippen LogP contribution in [0.4, 0.5) is 11.4 Å². The number of rotatable bonds is 7. The summed E-state index contributed by atoms with van der Waals surface area (Å²) in [5.74, 6) is 0.406. The number of ether oxygens (including phenoxy) is 1. The number of aromatic nitrogens is 2. The molecule has 37 heavy (non-hydrogen) atoms. The molecule has 0 spiro atoms. The summed E-state index contributed by atoms with van der Waals surface area (Å²) >= 11 is 9.35. The van der Waals surface area contributed by atoms with Crippen LogP contribution in [0.1, 0.15) is 23.5 Å². The summed E-state index contributed by atoms with van der Waals surface area (Å²) in [6.45, 7) is 0. The fraction of sp³-hybridized carbons (Fsp3) is 0.154. The standard InChI is InChI=1S/C26H24BrN5O3S2/c1-35-23-13-12-19(16-21(23)30-37(2,33)34)32-25(24(29-26(32)36)20-6-3-4-14-28-20)22-7-5-15-31(22)18-10-8-17(27)9-11-18/h3-16,24-25,30H,1-2H3,(H,29,36). The molecule has 190 valence electrons. The maximum Gasteiger partial charge on any atom is 0.229 e. The van der Waals surface area contributed by atoms with Crippen molar-refractivity contribution in [3.05, 3.63) is 101 Å². The highest BCUT2D eigenvalue weighted by atomic mass is 79.9. The van der Waals surface area contributed by atoms with Crippen LogP contribution in [0.15, 0.2) is 89.7 Å². The molecular weight excluding hydrogens is 574 g/mol. The maximum atomic E-state index is 12.0. The van der Waals surface area contributed by atoms with Gasteiger partial charge < -0.3 is 19.5 Å². The van der Waals surface area contributed by atoms with Crippen LogP contribution in [-0.2, 0) is 10.0 Å². The minimum Gasteiger partial charge on any atom is -0.495 e. The molecule has 2 atom stereocenters. The molecule has 2 aromatic carbocycles. The van der Waals surface area contributed by atoms with Crippen LogP contribution in [0.2, 0.25) is 0 Å². The molecular formula is C26H24BrN5O3S2. The van der Waals surface area contributed by atoms with E-state index in [1.807, 2.05) is 65.7 Å². The SMILES string of the molecule is COc1ccc(N2C(=S)NC(c3ccccn3)C2c2cccn2-c2ccc(Br)cc2)cc1NS(C)(=O)=O. The number of halogens is 1. The molecule has 0 amide bonds. The molecule has 2 aromatic heterocycles. The van der Waals surface area contributed by atoms with Crippen molar-refractivity contribution in [1.82, 2.24) is 14.9 Å². The van der Waals surface area contributed by atoms with Gasteiger partial charge in [-0.2, -0.15) is 0 Å². The van der Waals surface area contributed by atoms with Crippen molar-refractivity contribution in [2.75, 3.05) is 23.0 Å². The van der Waals surface area contributed by atoms with Crippen LogP contribution in [0, 0.1) is 0 Å². The minimum atomic E-state index is -3.54. The van der Waals surface area contributed by atoms with Crippen LogP contribution in [0.3, 0.4) is 0 Å². The Morgan fingerprint density at radius 3 is 2.49 bits per heavy atom. The van der Waals surface area contributed by atoms with E-state index in [1.165, 1.54) is 7.11 Å². The van der Waals surface area contributed by atoms with Gasteiger partial charge in [0.25, 0.3) is 0 Å². The van der Waals surface area contributed by atoms with Crippen LogP contribution >= 0.6 is 28.1 Å². The molecule has 1 aliphatic heterocycles. The van der Waals surface area contributed by atoms with Crippen LogP contribution in [-0.4, -0.2) is 36.4 Å². The molecule has 0 aliphatic carbocycles. The molecule has 0 bridgehead atoms. The van der Waals surface area contributed by atoms with Crippen molar-refractivity contribution in [2.45, 2.75) is 12.1 Å². The van der Waals surface area contributed by atoms with Gasteiger partial charge in [0.1, 0.15) is 11.8 Å². The molecule has 1 aliphatic rings. The van der Waals surface area contributed by atoms with E-state index in [2.05, 4.69) is 41.6 Å². The van der Waals surface area contributed by atoms with Crippen molar-refractivity contribution in [2.24, 2.45) is 0 Å². The smallest absolute Gasteiger partial charge is 0.229 e. The molecule has 11 heteroatoms. The lowest BCUT2D eigenvalue weighted by atomic mass is 10.0. The number of hydrogen-bond donors (Lipinski definition) is 2. The lowest BCUT2D eigenvalue weighted by Gasteiger charge is -2.29. The second-order valence-corrected chi connectivity index (χ2v) is 11.6. The van der Waals surface area contributed by atoms with Crippen molar-refractivity contribution in [3.63, 3.8) is 0 Å². The highest BCUT2D eigenvalue weighted by Crippen LogP contribution is 2.44. The zero-order valence-electron chi connectivity index (χ0n) is 20.0. The third kappa shape index (κ3) is 5.20. The second-order valence-electron chi connectivity index (χ2n) is 8.53. The van der Waals surface area contributed by atoms with E-state index in [0.717, 1.165) is 27.8 Å². The quantitative estimate of drug-likeness (QED) is 0.283. The van der Waals surface area contributed by atoms with E-state index in [-0.39, 0.29) is 12.1 Å². The van der Waals surface area contributed by atoms with Gasteiger partial charge in [-0.15, -0.1) is 0 Å². The molecule has 1 saturated heterocycles. The molecule has 4 aromatic rings. The van der Waals surface area contributed by atoms with Gasteiger partial charge in [-0.05, 0) is 78.9 Å². The first-order chi connectivity index (χ1) is 17.7. The molecule has 1 fully saturated rings. The Bertz CT molecular complexity index is 1540. The Hall–Kier alpha value is -3.41. The number of nitrogens with zero attached hydrogens (tertiary/aromatic N) is 3. The summed E-state index contributed by atoms with van der Waals surface area (Å²) in [4.78, 5) is 6.61. The Morgan fingerprint density at radius 2 is 1.81 bits per heavy atom. The Morgan fingerprint density at radius 1 is 1.05 bits per heavy atom. The topological polar surface area (TPSA) is 88.5 Å². The molecule has 0 saturated carbocycles. The van der Waals surface area contributed by atoms with Crippen LogP contribution in [0.5, 0.6) is 5.75 Å². The van der Waals surface area contributed by atoms with Crippen molar-refractivity contribution in [3.8, 4) is 11.4 Å². The molecule has 0 radical (unpaired) electrons. The fourth-order valence-electron chi connectivity index (χ4n) is 4.53. The van der Waals surface area contributed by atoms with E-state index < -0.39 is 10.0 Å². The summed E-state index contributed by atoms with van der Waals surface area (Å²) in [6.07, 6.45) is 4.87. The fourth-order valence-corrected chi connectivity index (χ4v) is 5.70. The predicted octanol–water partition coefficient (Wildman–Crippen LogP) is 5.19. The van der Waals surface area contributed by atoms with Gasteiger partial charge >= 0.3 is 0 Å². The summed E-state index contributed by atoms with van der Waals surface area (Å²) in [5, 5.41) is 3.95. The largest absolute Gasteiger partial charge is 0.495 e. The first-order valence-electron chi connectivity index (χ1n) is 11.3. The first-order valence-corrected chi connectivity index (χ1v) is 14.4. The normalized spacial score (nSPS) is 17.5. The summed E-state index contributed by atoms with van der Waals surface area (Å²) in [7, 11) is -2.04. The number of thiocarbonyl (C=S) groups is 1. The number of pyridine rings is 1. The Balaban J connectivity index is 1.66. The van der Waals surface area contributed by atoms with Gasteiger partial charge in [0, 0.05) is 33.9 Å². The highest BCUT2D eigenvalue weighted by Gasteiger charge is 2.42. The Labute approximate surface area is 229 Å². The molecule has 2 unspecified atom stereocenters. The number of nitrogens with one attached hydrogen (secondary N) is 2. The van der Waals surface area contributed by atoms with Crippen LogP contribution in [0.25, 0.3) is 5.69 Å². The summed E-state index contributed by atoms with van der Waals surface area (Å²) in [6, 6.07) is 22.7. The van der Waals surface area contributed by atoms with Gasteiger partial charge in [0.2, 0.25) is 10.0 Å². The zero-order chi connectivity index (χ0) is 26.2. The van der Waals surface area contributed by atoms with Crippen molar-refractivity contribution < 1.29 is 13.2 Å². The molecule has 3 heterocycles. The second kappa shape index (κ2) is 10.2. The van der Waals surface area contributed by atoms with E-state index in [9.17, 15) is 8.42 Å². The van der Waals surface area contributed by atoms with E-state index in [1.54, 1.807) is 18.3 Å². The van der Waals surface area contributed by atoms with Gasteiger partial charge in [-0.3, -0.25) is 9.71 Å². The highest BCUT2D eigenvalue weighted by molar-refractivity contribution is 9.10. The van der Waals surface area contributed by atoms with E-state index >= 15 is 0 Å². The number of hydrogen-bond acceptors (Lipinski definition) is 5. The lowest BCUT2D eigenvalue weighted by Crippen LogP contribution is -2.30. The summed E-state index contributed by atoms with van der Waals surface area (Å²) in [5.41, 5.74) is 3.85. The number of anilines is 2. The summed E-state index contributed by atoms with van der Waals surface area (Å²) < 4.78 is 35.2. The first kappa shape index (κ1) is 25.2. The van der Waals surface area contributed by atoms with Crippen molar-refractivity contribution >= 4 is 54.7 Å². The number of benzene rings is 2. The Kier molecular flexibility index (Phi) is 6.93. The third-order valence-electron chi connectivity index (χ3n) is 6.04. The monoisotopic (exact) mass is 597 g/mol. The molecule has 8 nitrogen and oxygen atoms in total. The minimum absolute atomic E-state index is 0.258. The predicted molar refractivity (Wildman–Crippen MR) is 153 cm³/mol. The van der Waals surface area contributed by atoms with Gasteiger partial charge in [0.15, 0.2) is 5.11 Å². The number of methoxy groups -OCH3 is 1. The van der Waals surface area contributed by atoms with E-state index in [4.69, 9.17) is 17.0 Å². The van der Waals surface area contributed by atoms with E-state index in [0.29, 0.717) is 22.2 Å². The molecule has 5 rings (SSSR count). The molecule has 2 N–H and O–H groups in total. The van der Waals surface area contributed by atoms with Gasteiger partial charge in [0.05, 0.1) is 30.8 Å². The van der Waals surface area contributed by atoms with Crippen molar-refractivity contribution in [1.29, 1.82) is 0 Å². The number of sulfonamides is 1. The van der Waals surface area contributed by atoms with Gasteiger partial charge in [-0.25, -0.2) is 8.42 Å².